The van der Waals surface area contributed by atoms with Crippen LogP contribution in [0.4, 0.5) is 10.5 Å². The molecule has 1 heterocycles. The summed E-state index contributed by atoms with van der Waals surface area (Å²) in [7, 11) is 0. The van der Waals surface area contributed by atoms with Crippen LogP contribution in [0.5, 0.6) is 0 Å². The Kier molecular flexibility index (Phi) is 6.01. The van der Waals surface area contributed by atoms with Crippen molar-refractivity contribution >= 4 is 40.9 Å². The average Bonchev–Trinajstić information content (AvgIpc) is 3.02. The van der Waals surface area contributed by atoms with Gasteiger partial charge in [-0.3, -0.25) is 9.69 Å². The molecule has 0 aromatic heterocycles. The van der Waals surface area contributed by atoms with E-state index >= 15 is 0 Å². The van der Waals surface area contributed by atoms with E-state index in [9.17, 15) is 9.59 Å². The van der Waals surface area contributed by atoms with Gasteiger partial charge < -0.3 is 10.1 Å². The van der Waals surface area contributed by atoms with Gasteiger partial charge in [0.1, 0.15) is 6.10 Å². The van der Waals surface area contributed by atoms with Crippen molar-refractivity contribution in [1.82, 2.24) is 5.32 Å². The second kappa shape index (κ2) is 8.43. The SMILES string of the molecule is O=C(CCc1ccccc1)NC[C@H]1CN(c2ccc(Cl)c(Cl)c2)C(=O)O1. The molecule has 2 aromatic carbocycles. The summed E-state index contributed by atoms with van der Waals surface area (Å²) in [6, 6.07) is 14.8. The molecule has 7 heteroatoms. The Morgan fingerprint density at radius 2 is 1.92 bits per heavy atom. The molecule has 1 aliphatic heterocycles. The molecule has 1 aliphatic rings. The van der Waals surface area contributed by atoms with Gasteiger partial charge in [-0.1, -0.05) is 53.5 Å². The molecule has 1 fully saturated rings. The lowest BCUT2D eigenvalue weighted by Gasteiger charge is -2.14. The summed E-state index contributed by atoms with van der Waals surface area (Å²) < 4.78 is 5.31. The summed E-state index contributed by atoms with van der Waals surface area (Å²) in [5, 5.41) is 3.61. The third kappa shape index (κ3) is 4.68. The van der Waals surface area contributed by atoms with Crippen molar-refractivity contribution in [3.63, 3.8) is 0 Å². The van der Waals surface area contributed by atoms with Crippen molar-refractivity contribution in [2.24, 2.45) is 0 Å². The van der Waals surface area contributed by atoms with Crippen LogP contribution >= 0.6 is 23.2 Å². The third-order valence-electron chi connectivity index (χ3n) is 4.10. The highest BCUT2D eigenvalue weighted by Gasteiger charge is 2.32. The number of halogens is 2. The number of nitrogens with one attached hydrogen (secondary N) is 1. The number of benzene rings is 2. The monoisotopic (exact) mass is 392 g/mol. The summed E-state index contributed by atoms with van der Waals surface area (Å²) in [6.45, 7) is 0.618. The molecule has 0 saturated carbocycles. The van der Waals surface area contributed by atoms with Crippen molar-refractivity contribution in [3.8, 4) is 0 Å². The van der Waals surface area contributed by atoms with Crippen molar-refractivity contribution in [2.75, 3.05) is 18.0 Å². The Hall–Kier alpha value is -2.24. The average molecular weight is 393 g/mol. The fourth-order valence-electron chi connectivity index (χ4n) is 2.71. The summed E-state index contributed by atoms with van der Waals surface area (Å²) in [5.74, 6) is -0.0714. The molecule has 2 aromatic rings. The first-order chi connectivity index (χ1) is 12.5. The summed E-state index contributed by atoms with van der Waals surface area (Å²) >= 11 is 11.9. The largest absolute Gasteiger partial charge is 0.442 e. The molecular weight excluding hydrogens is 375 g/mol. The smallest absolute Gasteiger partial charge is 0.414 e. The van der Waals surface area contributed by atoms with Crippen LogP contribution < -0.4 is 10.2 Å². The number of ether oxygens (including phenoxy) is 1. The Bertz CT molecular complexity index is 799. The number of hydrogen-bond donors (Lipinski definition) is 1. The lowest BCUT2D eigenvalue weighted by Crippen LogP contribution is -2.34. The molecule has 136 valence electrons. The van der Waals surface area contributed by atoms with Gasteiger partial charge in [0.2, 0.25) is 5.91 Å². The fourth-order valence-corrected chi connectivity index (χ4v) is 3.00. The molecule has 3 rings (SSSR count). The fraction of sp³-hybridized carbons (Fsp3) is 0.263. The minimum Gasteiger partial charge on any atom is -0.442 e. The van der Waals surface area contributed by atoms with Crippen LogP contribution in [0.2, 0.25) is 10.0 Å². The first-order valence-corrected chi connectivity index (χ1v) is 9.02. The van der Waals surface area contributed by atoms with Gasteiger partial charge in [0.15, 0.2) is 0 Å². The Morgan fingerprint density at radius 3 is 2.65 bits per heavy atom. The second-order valence-electron chi connectivity index (χ2n) is 6.00. The van der Waals surface area contributed by atoms with Crippen molar-refractivity contribution < 1.29 is 14.3 Å². The van der Waals surface area contributed by atoms with E-state index in [1.165, 1.54) is 4.90 Å². The van der Waals surface area contributed by atoms with Gasteiger partial charge in [0.05, 0.1) is 23.1 Å². The molecule has 1 saturated heterocycles. The highest BCUT2D eigenvalue weighted by Crippen LogP contribution is 2.29. The van der Waals surface area contributed by atoms with Crippen LogP contribution in [-0.2, 0) is 16.0 Å². The normalized spacial score (nSPS) is 16.5. The van der Waals surface area contributed by atoms with E-state index in [0.29, 0.717) is 35.1 Å². The maximum Gasteiger partial charge on any atom is 0.414 e. The zero-order valence-corrected chi connectivity index (χ0v) is 15.5. The molecule has 0 spiro atoms. The standard InChI is InChI=1S/C19H18Cl2N2O3/c20-16-8-7-14(10-17(16)21)23-12-15(26-19(23)25)11-22-18(24)9-6-13-4-2-1-3-5-13/h1-5,7-8,10,15H,6,9,11-12H2,(H,22,24)/t15-/m0/s1. The first-order valence-electron chi connectivity index (χ1n) is 8.27. The predicted octanol–water partition coefficient (Wildman–Crippen LogP) is 4.07. The number of nitrogens with zero attached hydrogens (tertiary/aromatic N) is 1. The molecule has 1 atom stereocenters. The van der Waals surface area contributed by atoms with E-state index in [2.05, 4.69) is 5.32 Å². The van der Waals surface area contributed by atoms with E-state index < -0.39 is 12.2 Å². The lowest BCUT2D eigenvalue weighted by atomic mass is 10.1. The van der Waals surface area contributed by atoms with Gasteiger partial charge in [0, 0.05) is 12.1 Å². The Morgan fingerprint density at radius 1 is 1.15 bits per heavy atom. The van der Waals surface area contributed by atoms with Crippen LogP contribution in [0.15, 0.2) is 48.5 Å². The summed E-state index contributed by atoms with van der Waals surface area (Å²) in [4.78, 5) is 25.5. The topological polar surface area (TPSA) is 58.6 Å². The maximum absolute atomic E-state index is 12.1. The van der Waals surface area contributed by atoms with Crippen LogP contribution in [0.1, 0.15) is 12.0 Å². The molecule has 2 amide bonds. The number of carbonyl (C=O) groups is 2. The molecule has 5 nitrogen and oxygen atoms in total. The number of anilines is 1. The second-order valence-corrected chi connectivity index (χ2v) is 6.82. The van der Waals surface area contributed by atoms with E-state index in [1.807, 2.05) is 30.3 Å². The van der Waals surface area contributed by atoms with Gasteiger partial charge in [-0.25, -0.2) is 4.79 Å². The molecule has 0 radical (unpaired) electrons. The number of cyclic esters (lactones) is 1. The summed E-state index contributed by atoms with van der Waals surface area (Å²) in [6.07, 6.45) is 0.192. The van der Waals surface area contributed by atoms with Crippen LogP contribution in [0, 0.1) is 0 Å². The zero-order chi connectivity index (χ0) is 18.5. The molecule has 1 N–H and O–H groups in total. The number of rotatable bonds is 6. The minimum atomic E-state index is -0.466. The molecule has 26 heavy (non-hydrogen) atoms. The minimum absolute atomic E-state index is 0.0714. The highest BCUT2D eigenvalue weighted by atomic mass is 35.5. The Labute approximate surface area is 161 Å². The quantitative estimate of drug-likeness (QED) is 0.805. The van der Waals surface area contributed by atoms with Gasteiger partial charge in [0.25, 0.3) is 0 Å². The van der Waals surface area contributed by atoms with E-state index in [4.69, 9.17) is 27.9 Å². The van der Waals surface area contributed by atoms with Crippen molar-refractivity contribution in [3.05, 3.63) is 64.1 Å². The van der Waals surface area contributed by atoms with Crippen LogP contribution in [0.25, 0.3) is 0 Å². The molecular formula is C19H18Cl2N2O3. The number of amides is 2. The molecule has 0 aliphatic carbocycles. The lowest BCUT2D eigenvalue weighted by molar-refractivity contribution is -0.121. The van der Waals surface area contributed by atoms with Crippen LogP contribution in [0.3, 0.4) is 0 Å². The van der Waals surface area contributed by atoms with Crippen molar-refractivity contribution in [2.45, 2.75) is 18.9 Å². The van der Waals surface area contributed by atoms with E-state index in [1.54, 1.807) is 18.2 Å². The van der Waals surface area contributed by atoms with Crippen molar-refractivity contribution in [1.29, 1.82) is 0 Å². The van der Waals surface area contributed by atoms with Gasteiger partial charge in [-0.05, 0) is 30.2 Å². The highest BCUT2D eigenvalue weighted by molar-refractivity contribution is 6.42. The Balaban J connectivity index is 1.48. The number of carbonyl (C=O) groups excluding carboxylic acids is 2. The van der Waals surface area contributed by atoms with E-state index in [-0.39, 0.29) is 12.5 Å². The first kappa shape index (κ1) is 18.5. The van der Waals surface area contributed by atoms with Gasteiger partial charge >= 0.3 is 6.09 Å². The predicted molar refractivity (Wildman–Crippen MR) is 102 cm³/mol. The van der Waals surface area contributed by atoms with Crippen LogP contribution in [-0.4, -0.2) is 31.2 Å². The number of hydrogen-bond acceptors (Lipinski definition) is 3. The number of aryl methyl sites for hydroxylation is 1. The van der Waals surface area contributed by atoms with Gasteiger partial charge in [-0.2, -0.15) is 0 Å². The van der Waals surface area contributed by atoms with E-state index in [0.717, 1.165) is 5.56 Å². The zero-order valence-electron chi connectivity index (χ0n) is 14.0. The maximum atomic E-state index is 12.1. The third-order valence-corrected chi connectivity index (χ3v) is 4.84. The molecule has 0 bridgehead atoms. The van der Waals surface area contributed by atoms with Gasteiger partial charge in [-0.15, -0.1) is 0 Å². The summed E-state index contributed by atoms with van der Waals surface area (Å²) in [5.41, 5.74) is 1.73. The molecule has 0 unspecified atom stereocenters.